The lowest BCUT2D eigenvalue weighted by Gasteiger charge is -2.36. The average Bonchev–Trinajstić information content (AvgIpc) is 3.00. The van der Waals surface area contributed by atoms with Crippen LogP contribution < -0.4 is 4.74 Å². The first-order valence-electron chi connectivity index (χ1n) is 11.1. The van der Waals surface area contributed by atoms with Crippen LogP contribution >= 0.6 is 11.9 Å². The molecule has 2 aliphatic rings. The molecule has 7 heteroatoms. The maximum atomic E-state index is 12.5. The highest BCUT2D eigenvalue weighted by molar-refractivity contribution is 7.98. The van der Waals surface area contributed by atoms with Crippen molar-refractivity contribution in [1.29, 1.82) is 0 Å². The van der Waals surface area contributed by atoms with E-state index in [0.29, 0.717) is 39.5 Å². The molecule has 0 spiro atoms. The van der Waals surface area contributed by atoms with Gasteiger partial charge in [-0.15, -0.1) is 0 Å². The third kappa shape index (κ3) is 4.64. The highest BCUT2D eigenvalue weighted by atomic mass is 32.2. The van der Waals surface area contributed by atoms with E-state index >= 15 is 0 Å². The van der Waals surface area contributed by atoms with Gasteiger partial charge in [-0.05, 0) is 54.9 Å². The maximum Gasteiger partial charge on any atom is 0.272 e. The van der Waals surface area contributed by atoms with Crippen LogP contribution in [-0.4, -0.2) is 34.1 Å². The summed E-state index contributed by atoms with van der Waals surface area (Å²) in [6, 6.07) is 11.5. The molecule has 0 radical (unpaired) electrons. The van der Waals surface area contributed by atoms with Gasteiger partial charge in [0.2, 0.25) is 0 Å². The molecule has 0 saturated heterocycles. The SMILES string of the molecule is CC(C)[C@@H]1CC[C@@H](C)C[C@H]1OCOc1ccc(SN2C(=O)c3ccccc3C2=O)c(O)c1. The summed E-state index contributed by atoms with van der Waals surface area (Å²) in [6.07, 6.45) is 3.63. The summed E-state index contributed by atoms with van der Waals surface area (Å²) in [6.45, 7) is 6.85. The number of phenols is 1. The molecule has 6 nitrogen and oxygen atoms in total. The number of carbonyl (C=O) groups excluding carboxylic acids is 2. The van der Waals surface area contributed by atoms with Gasteiger partial charge in [-0.3, -0.25) is 9.59 Å². The van der Waals surface area contributed by atoms with Crippen molar-refractivity contribution in [3.05, 3.63) is 53.6 Å². The van der Waals surface area contributed by atoms with E-state index in [1.165, 1.54) is 18.9 Å². The van der Waals surface area contributed by atoms with Gasteiger partial charge in [0, 0.05) is 18.0 Å². The summed E-state index contributed by atoms with van der Waals surface area (Å²) < 4.78 is 12.9. The number of hydrogen-bond acceptors (Lipinski definition) is 6. The number of imide groups is 1. The summed E-state index contributed by atoms with van der Waals surface area (Å²) in [7, 11) is 0. The second kappa shape index (κ2) is 9.55. The van der Waals surface area contributed by atoms with E-state index in [1.54, 1.807) is 36.4 Å². The Kier molecular flexibility index (Phi) is 6.76. The molecule has 2 aromatic rings. The number of aromatic hydroxyl groups is 1. The van der Waals surface area contributed by atoms with Crippen LogP contribution in [0, 0.1) is 17.8 Å². The Bertz CT molecular complexity index is 973. The standard InChI is InChI=1S/C25H29NO5S/c1-15(2)18-10-8-16(3)12-22(18)31-14-30-17-9-11-23(21(27)13-17)32-26-24(28)19-6-4-5-7-20(19)25(26)29/h4-7,9,11,13,15-16,18,22,27H,8,10,12,14H2,1-3H3/t16-,18+,22-/m1/s1. The zero-order valence-electron chi connectivity index (χ0n) is 18.6. The molecule has 0 unspecified atom stereocenters. The summed E-state index contributed by atoms with van der Waals surface area (Å²) in [5, 5.41) is 10.4. The molecule has 32 heavy (non-hydrogen) atoms. The minimum Gasteiger partial charge on any atom is -0.507 e. The van der Waals surface area contributed by atoms with Crippen LogP contribution in [0.5, 0.6) is 11.5 Å². The highest BCUT2D eigenvalue weighted by Crippen LogP contribution is 2.39. The molecule has 2 amide bonds. The van der Waals surface area contributed by atoms with Crippen LogP contribution in [-0.2, 0) is 4.74 Å². The van der Waals surface area contributed by atoms with Crippen molar-refractivity contribution in [3.63, 3.8) is 0 Å². The Balaban J connectivity index is 1.36. The lowest BCUT2D eigenvalue weighted by atomic mass is 9.75. The van der Waals surface area contributed by atoms with Gasteiger partial charge in [0.1, 0.15) is 11.5 Å². The number of fused-ring (bicyclic) bond motifs is 1. The van der Waals surface area contributed by atoms with Gasteiger partial charge in [0.05, 0.1) is 22.1 Å². The molecule has 2 aromatic carbocycles. The quantitative estimate of drug-likeness (QED) is 0.337. The number of ether oxygens (including phenoxy) is 2. The molecule has 1 heterocycles. The fourth-order valence-electron chi connectivity index (χ4n) is 4.51. The van der Waals surface area contributed by atoms with Gasteiger partial charge >= 0.3 is 0 Å². The molecule has 0 aromatic heterocycles. The van der Waals surface area contributed by atoms with Crippen LogP contribution in [0.2, 0.25) is 0 Å². The number of benzene rings is 2. The Morgan fingerprint density at radius 3 is 2.41 bits per heavy atom. The predicted molar refractivity (Wildman–Crippen MR) is 123 cm³/mol. The Morgan fingerprint density at radius 1 is 1.09 bits per heavy atom. The fourth-order valence-corrected chi connectivity index (χ4v) is 5.35. The third-order valence-electron chi connectivity index (χ3n) is 6.35. The van der Waals surface area contributed by atoms with Crippen LogP contribution in [0.15, 0.2) is 47.4 Å². The molecule has 1 N–H and O–H groups in total. The predicted octanol–water partition coefficient (Wildman–Crippen LogP) is 5.51. The zero-order valence-corrected chi connectivity index (χ0v) is 19.4. The number of phenolic OH excluding ortho intramolecular Hbond substituents is 1. The average molecular weight is 456 g/mol. The first-order valence-corrected chi connectivity index (χ1v) is 11.9. The second-order valence-electron chi connectivity index (χ2n) is 8.96. The van der Waals surface area contributed by atoms with Crippen molar-refractivity contribution in [2.45, 2.75) is 51.0 Å². The monoisotopic (exact) mass is 455 g/mol. The number of nitrogens with zero attached hydrogens (tertiary/aromatic N) is 1. The normalized spacial score (nSPS) is 23.0. The molecule has 1 saturated carbocycles. The smallest absolute Gasteiger partial charge is 0.272 e. The number of rotatable bonds is 7. The Morgan fingerprint density at radius 2 is 1.78 bits per heavy atom. The lowest BCUT2D eigenvalue weighted by molar-refractivity contribution is -0.0917. The van der Waals surface area contributed by atoms with Gasteiger partial charge in [-0.1, -0.05) is 39.3 Å². The van der Waals surface area contributed by atoms with Gasteiger partial charge < -0.3 is 14.6 Å². The van der Waals surface area contributed by atoms with Crippen LogP contribution in [0.4, 0.5) is 0 Å². The van der Waals surface area contributed by atoms with Gasteiger partial charge in [-0.25, -0.2) is 4.31 Å². The molecule has 1 aliphatic carbocycles. The lowest BCUT2D eigenvalue weighted by Crippen LogP contribution is -2.35. The van der Waals surface area contributed by atoms with Crippen molar-refractivity contribution < 1.29 is 24.2 Å². The molecule has 4 rings (SSSR count). The van der Waals surface area contributed by atoms with Crippen LogP contribution in [0.3, 0.4) is 0 Å². The van der Waals surface area contributed by atoms with E-state index < -0.39 is 0 Å². The van der Waals surface area contributed by atoms with Crippen molar-refractivity contribution in [2.75, 3.05) is 6.79 Å². The van der Waals surface area contributed by atoms with E-state index in [0.717, 1.165) is 22.7 Å². The van der Waals surface area contributed by atoms with Crippen molar-refractivity contribution in [1.82, 2.24) is 4.31 Å². The Labute approximate surface area is 193 Å². The highest BCUT2D eigenvalue weighted by Gasteiger charge is 2.36. The second-order valence-corrected chi connectivity index (χ2v) is 9.95. The number of amides is 2. The van der Waals surface area contributed by atoms with E-state index in [9.17, 15) is 14.7 Å². The first kappa shape index (κ1) is 22.7. The molecule has 1 aliphatic heterocycles. The third-order valence-corrected chi connectivity index (χ3v) is 7.40. The van der Waals surface area contributed by atoms with Gasteiger partial charge in [-0.2, -0.15) is 0 Å². The zero-order chi connectivity index (χ0) is 22.8. The van der Waals surface area contributed by atoms with Gasteiger partial charge in [0.25, 0.3) is 11.8 Å². The fraction of sp³-hybridized carbons (Fsp3) is 0.440. The molecule has 170 valence electrons. The van der Waals surface area contributed by atoms with Crippen LogP contribution in [0.1, 0.15) is 60.7 Å². The van der Waals surface area contributed by atoms with Crippen LogP contribution in [0.25, 0.3) is 0 Å². The Hall–Kier alpha value is -2.51. The maximum absolute atomic E-state index is 12.5. The number of carbonyl (C=O) groups is 2. The largest absolute Gasteiger partial charge is 0.507 e. The van der Waals surface area contributed by atoms with Crippen molar-refractivity contribution in [3.8, 4) is 11.5 Å². The molecule has 1 fully saturated rings. The minimum absolute atomic E-state index is 0.0598. The molecule has 3 atom stereocenters. The summed E-state index contributed by atoms with van der Waals surface area (Å²) >= 11 is 0.907. The topological polar surface area (TPSA) is 76.1 Å². The first-order chi connectivity index (χ1) is 15.3. The molecule has 0 bridgehead atoms. The van der Waals surface area contributed by atoms with Crippen molar-refractivity contribution >= 4 is 23.8 Å². The van der Waals surface area contributed by atoms with E-state index in [1.807, 2.05) is 0 Å². The number of hydrogen-bond donors (Lipinski definition) is 1. The van der Waals surface area contributed by atoms with E-state index in [4.69, 9.17) is 9.47 Å². The molecular formula is C25H29NO5S. The summed E-state index contributed by atoms with van der Waals surface area (Å²) in [5.74, 6) is 1.39. The minimum atomic E-state index is -0.384. The van der Waals surface area contributed by atoms with E-state index in [-0.39, 0.29) is 30.5 Å². The summed E-state index contributed by atoms with van der Waals surface area (Å²) in [4.78, 5) is 25.5. The van der Waals surface area contributed by atoms with Gasteiger partial charge in [0.15, 0.2) is 6.79 Å². The van der Waals surface area contributed by atoms with E-state index in [2.05, 4.69) is 20.8 Å². The van der Waals surface area contributed by atoms with Crippen molar-refractivity contribution in [2.24, 2.45) is 17.8 Å². The summed E-state index contributed by atoms with van der Waals surface area (Å²) in [5.41, 5.74) is 0.747. The molecular weight excluding hydrogens is 426 g/mol.